The van der Waals surface area contributed by atoms with Gasteiger partial charge in [0.15, 0.2) is 11.5 Å². The smallest absolute Gasteiger partial charge is 0.305 e. The number of fused-ring (bicyclic) bond motifs is 2. The molecule has 0 spiro atoms. The van der Waals surface area contributed by atoms with Crippen molar-refractivity contribution in [3.05, 3.63) is 42.7 Å². The number of nitrogens with two attached hydrogens (primary N) is 1. The van der Waals surface area contributed by atoms with E-state index >= 15 is 0 Å². The normalized spacial score (nSPS) is 11.9. The molecular formula is C22H24N4O7S. The molecule has 0 fully saturated rings. The Balaban J connectivity index is 1.80. The summed E-state index contributed by atoms with van der Waals surface area (Å²) in [7, 11) is -1.18. The average molecular weight is 489 g/mol. The summed E-state index contributed by atoms with van der Waals surface area (Å²) in [4.78, 5) is 8.66. The number of hydrogen-bond donors (Lipinski definition) is 2. The van der Waals surface area contributed by atoms with Crippen molar-refractivity contribution in [1.82, 2.24) is 13.9 Å². The van der Waals surface area contributed by atoms with Crippen LogP contribution in [-0.2, 0) is 19.7 Å². The molecule has 0 bridgehead atoms. The van der Waals surface area contributed by atoms with Crippen LogP contribution in [0.3, 0.4) is 0 Å². The fourth-order valence-corrected chi connectivity index (χ4v) is 4.45. The van der Waals surface area contributed by atoms with Gasteiger partial charge in [-0.1, -0.05) is 18.2 Å². The Morgan fingerprint density at radius 2 is 1.76 bits per heavy atom. The molecule has 180 valence electrons. The standard InChI is InChI=1S/C22H24N4O7S/c1-30-7-8-32-9-10-33-19-12-16-15(11-18(19)31-2)21(25-13-24-16)20-14-5-3-4-6-17(14)26(22(20)27)34(23,28)29/h3-6,11-13,27H,7-10H2,1-2H3,(H2,23,28,29). The molecule has 0 unspecified atom stereocenters. The highest BCUT2D eigenvalue weighted by atomic mass is 32.2. The van der Waals surface area contributed by atoms with Crippen LogP contribution in [0.2, 0.25) is 0 Å². The number of nitrogens with zero attached hydrogens (tertiary/aromatic N) is 3. The second-order valence-electron chi connectivity index (χ2n) is 7.22. The molecule has 2 aromatic carbocycles. The topological polar surface area (TPSA) is 148 Å². The summed E-state index contributed by atoms with van der Waals surface area (Å²) >= 11 is 0. The van der Waals surface area contributed by atoms with Gasteiger partial charge >= 0.3 is 10.2 Å². The van der Waals surface area contributed by atoms with Crippen molar-refractivity contribution < 1.29 is 32.5 Å². The molecule has 3 N–H and O–H groups in total. The molecule has 0 saturated carbocycles. The van der Waals surface area contributed by atoms with Gasteiger partial charge < -0.3 is 24.1 Å². The van der Waals surface area contributed by atoms with Crippen molar-refractivity contribution in [2.75, 3.05) is 40.6 Å². The van der Waals surface area contributed by atoms with Gasteiger partial charge in [-0.25, -0.2) is 15.1 Å². The number of aromatic nitrogens is 3. The van der Waals surface area contributed by atoms with E-state index < -0.39 is 16.1 Å². The Morgan fingerprint density at radius 3 is 2.50 bits per heavy atom. The van der Waals surface area contributed by atoms with Crippen LogP contribution < -0.4 is 14.6 Å². The quantitative estimate of drug-likeness (QED) is 0.320. The van der Waals surface area contributed by atoms with Crippen LogP contribution in [-0.4, -0.2) is 68.1 Å². The Kier molecular flexibility index (Phi) is 6.84. The number of hydrogen-bond acceptors (Lipinski definition) is 9. The zero-order valence-electron chi connectivity index (χ0n) is 18.6. The van der Waals surface area contributed by atoms with E-state index in [1.807, 2.05) is 0 Å². The fourth-order valence-electron chi connectivity index (χ4n) is 3.68. The number of aromatic hydroxyl groups is 1. The summed E-state index contributed by atoms with van der Waals surface area (Å²) in [6.45, 7) is 1.60. The lowest BCUT2D eigenvalue weighted by Gasteiger charge is -2.13. The molecule has 12 heteroatoms. The summed E-state index contributed by atoms with van der Waals surface area (Å²) < 4.78 is 46.7. The minimum absolute atomic E-state index is 0.208. The number of benzene rings is 2. The Morgan fingerprint density at radius 1 is 1.00 bits per heavy atom. The van der Waals surface area contributed by atoms with Crippen molar-refractivity contribution in [3.63, 3.8) is 0 Å². The molecule has 0 aliphatic heterocycles. The first-order chi connectivity index (χ1) is 16.4. The monoisotopic (exact) mass is 488 g/mol. The van der Waals surface area contributed by atoms with Crippen LogP contribution in [0.5, 0.6) is 17.4 Å². The zero-order chi connectivity index (χ0) is 24.3. The SMILES string of the molecule is COCCOCCOc1cc2ncnc(-c3c(O)n(S(N)(=O)=O)c4ccccc34)c2cc1OC. The van der Waals surface area contributed by atoms with Gasteiger partial charge in [-0.05, 0) is 12.1 Å². The average Bonchev–Trinajstić information content (AvgIpc) is 3.12. The first-order valence-electron chi connectivity index (χ1n) is 10.2. The fraction of sp³-hybridized carbons (Fsp3) is 0.273. The summed E-state index contributed by atoms with van der Waals surface area (Å²) in [6, 6.07) is 9.96. The molecule has 0 radical (unpaired) electrons. The third-order valence-corrected chi connectivity index (χ3v) is 6.02. The number of methoxy groups -OCH3 is 2. The number of ether oxygens (including phenoxy) is 4. The molecule has 4 aromatic rings. The Labute approximate surface area is 195 Å². The lowest BCUT2D eigenvalue weighted by atomic mass is 10.0. The third kappa shape index (κ3) is 4.48. The van der Waals surface area contributed by atoms with E-state index in [1.54, 1.807) is 43.5 Å². The third-order valence-electron chi connectivity index (χ3n) is 5.14. The highest BCUT2D eigenvalue weighted by Gasteiger charge is 2.26. The maximum absolute atomic E-state index is 12.2. The van der Waals surface area contributed by atoms with Gasteiger partial charge in [-0.2, -0.15) is 12.4 Å². The zero-order valence-corrected chi connectivity index (χ0v) is 19.4. The van der Waals surface area contributed by atoms with Crippen LogP contribution in [0.4, 0.5) is 0 Å². The summed E-state index contributed by atoms with van der Waals surface area (Å²) in [5.74, 6) is 0.317. The van der Waals surface area contributed by atoms with E-state index in [0.29, 0.717) is 57.3 Å². The van der Waals surface area contributed by atoms with E-state index in [-0.39, 0.29) is 17.7 Å². The summed E-state index contributed by atoms with van der Waals surface area (Å²) in [5, 5.41) is 17.3. The van der Waals surface area contributed by atoms with Crippen molar-refractivity contribution in [1.29, 1.82) is 0 Å². The minimum Gasteiger partial charge on any atom is -0.493 e. The van der Waals surface area contributed by atoms with Gasteiger partial charge in [0.05, 0.1) is 49.2 Å². The van der Waals surface area contributed by atoms with E-state index in [4.69, 9.17) is 24.1 Å². The lowest BCUT2D eigenvalue weighted by molar-refractivity contribution is 0.0540. The van der Waals surface area contributed by atoms with Crippen molar-refractivity contribution in [3.8, 4) is 28.6 Å². The van der Waals surface area contributed by atoms with Gasteiger partial charge in [-0.15, -0.1) is 0 Å². The lowest BCUT2D eigenvalue weighted by Crippen LogP contribution is -2.21. The van der Waals surface area contributed by atoms with E-state index in [9.17, 15) is 13.5 Å². The van der Waals surface area contributed by atoms with Gasteiger partial charge in [0.2, 0.25) is 5.88 Å². The Hall–Kier alpha value is -3.45. The van der Waals surface area contributed by atoms with Crippen molar-refractivity contribution >= 4 is 32.0 Å². The van der Waals surface area contributed by atoms with Crippen molar-refractivity contribution in [2.24, 2.45) is 5.14 Å². The molecule has 4 rings (SSSR count). The van der Waals surface area contributed by atoms with Crippen LogP contribution in [0.15, 0.2) is 42.7 Å². The molecule has 0 saturated heterocycles. The number of para-hydroxylation sites is 1. The highest BCUT2D eigenvalue weighted by Crippen LogP contribution is 2.43. The predicted octanol–water partition coefficient (Wildman–Crippen LogP) is 2.06. The molecule has 11 nitrogen and oxygen atoms in total. The van der Waals surface area contributed by atoms with Crippen molar-refractivity contribution in [2.45, 2.75) is 0 Å². The molecule has 2 aromatic heterocycles. The van der Waals surface area contributed by atoms with Crippen LogP contribution in [0, 0.1) is 0 Å². The molecule has 2 heterocycles. The van der Waals surface area contributed by atoms with E-state index in [1.165, 1.54) is 13.4 Å². The Bertz CT molecular complexity index is 1440. The molecule has 0 aliphatic carbocycles. The second kappa shape index (κ2) is 9.81. The van der Waals surface area contributed by atoms with Gasteiger partial charge in [0, 0.05) is 23.9 Å². The molecular weight excluding hydrogens is 464 g/mol. The predicted molar refractivity (Wildman–Crippen MR) is 125 cm³/mol. The maximum atomic E-state index is 12.2. The van der Waals surface area contributed by atoms with E-state index in [0.717, 1.165) is 0 Å². The maximum Gasteiger partial charge on any atom is 0.305 e. The highest BCUT2D eigenvalue weighted by molar-refractivity contribution is 7.87. The first kappa shape index (κ1) is 23.7. The molecule has 0 aliphatic rings. The minimum atomic E-state index is -4.28. The van der Waals surface area contributed by atoms with Crippen LogP contribution in [0.25, 0.3) is 33.1 Å². The number of rotatable bonds is 10. The molecule has 34 heavy (non-hydrogen) atoms. The van der Waals surface area contributed by atoms with Gasteiger partial charge in [0.1, 0.15) is 12.9 Å². The van der Waals surface area contributed by atoms with Gasteiger partial charge in [-0.3, -0.25) is 0 Å². The molecule has 0 amide bonds. The summed E-state index contributed by atoms with van der Waals surface area (Å²) in [6.07, 6.45) is 1.32. The second-order valence-corrected chi connectivity index (χ2v) is 8.62. The van der Waals surface area contributed by atoms with Crippen LogP contribution in [0.1, 0.15) is 0 Å². The molecule has 0 atom stereocenters. The first-order valence-corrected chi connectivity index (χ1v) is 11.8. The van der Waals surface area contributed by atoms with Gasteiger partial charge in [0.25, 0.3) is 0 Å². The van der Waals surface area contributed by atoms with E-state index in [2.05, 4.69) is 9.97 Å². The summed E-state index contributed by atoms with van der Waals surface area (Å²) in [5.41, 5.74) is 1.26. The largest absolute Gasteiger partial charge is 0.493 e. The van der Waals surface area contributed by atoms with Crippen LogP contribution >= 0.6 is 0 Å².